The smallest absolute Gasteiger partial charge is 0.196 e. The summed E-state index contributed by atoms with van der Waals surface area (Å²) in [7, 11) is 0. The van der Waals surface area contributed by atoms with Crippen molar-refractivity contribution in [1.82, 2.24) is 14.8 Å². The van der Waals surface area contributed by atoms with Crippen LogP contribution in [-0.4, -0.2) is 14.8 Å². The van der Waals surface area contributed by atoms with Crippen molar-refractivity contribution in [2.24, 2.45) is 0 Å². The predicted molar refractivity (Wildman–Crippen MR) is 121 cm³/mol. The van der Waals surface area contributed by atoms with Crippen LogP contribution in [0.25, 0.3) is 5.69 Å². The predicted octanol–water partition coefficient (Wildman–Crippen LogP) is 6.48. The number of nitrogens with zero attached hydrogens (tertiary/aromatic N) is 3. The lowest BCUT2D eigenvalue weighted by Crippen LogP contribution is -2.08. The molecule has 0 aliphatic rings. The number of para-hydroxylation sites is 1. The quantitative estimate of drug-likeness (QED) is 0.334. The van der Waals surface area contributed by atoms with Gasteiger partial charge in [-0.25, -0.2) is 0 Å². The van der Waals surface area contributed by atoms with Gasteiger partial charge in [0, 0.05) is 27.2 Å². The lowest BCUT2D eigenvalue weighted by atomic mass is 10.2. The molecule has 0 saturated carbocycles. The van der Waals surface area contributed by atoms with E-state index in [2.05, 4.69) is 20.1 Å². The Hall–Kier alpha value is -2.47. The van der Waals surface area contributed by atoms with Gasteiger partial charge in [-0.15, -0.1) is 10.2 Å². The van der Waals surface area contributed by atoms with E-state index in [9.17, 15) is 0 Å². The number of anilines is 1. The van der Waals surface area contributed by atoms with Gasteiger partial charge in [-0.2, -0.15) is 0 Å². The molecule has 0 unspecified atom stereocenters. The molecule has 0 aliphatic carbocycles. The highest BCUT2D eigenvalue weighted by Crippen LogP contribution is 2.28. The molecule has 4 rings (SSSR count). The zero-order chi connectivity index (χ0) is 20.1. The zero-order valence-corrected chi connectivity index (χ0v) is 17.8. The first kappa shape index (κ1) is 19.8. The molecule has 1 N–H and O–H groups in total. The molecule has 0 aliphatic heterocycles. The Kier molecular flexibility index (Phi) is 6.39. The Morgan fingerprint density at radius 1 is 0.862 bits per heavy atom. The van der Waals surface area contributed by atoms with E-state index in [1.807, 2.05) is 78.9 Å². The van der Waals surface area contributed by atoms with Crippen LogP contribution in [0.5, 0.6) is 0 Å². The molecule has 29 heavy (non-hydrogen) atoms. The first-order valence-corrected chi connectivity index (χ1v) is 10.8. The van der Waals surface area contributed by atoms with Gasteiger partial charge in [-0.3, -0.25) is 4.57 Å². The molecule has 0 saturated heterocycles. The zero-order valence-electron chi connectivity index (χ0n) is 15.4. The van der Waals surface area contributed by atoms with Gasteiger partial charge in [0.15, 0.2) is 11.0 Å². The monoisotopic (exact) mass is 440 g/mol. The third-order valence-electron chi connectivity index (χ3n) is 4.30. The van der Waals surface area contributed by atoms with Crippen LogP contribution >= 0.6 is 35.0 Å². The van der Waals surface area contributed by atoms with Gasteiger partial charge in [-0.05, 0) is 42.0 Å². The second-order valence-corrected chi connectivity index (χ2v) is 8.10. The lowest BCUT2D eigenvalue weighted by Gasteiger charge is -2.12. The minimum atomic E-state index is 0.523. The summed E-state index contributed by atoms with van der Waals surface area (Å²) in [6.07, 6.45) is 0. The average molecular weight is 441 g/mol. The van der Waals surface area contributed by atoms with Crippen molar-refractivity contribution in [2.75, 3.05) is 5.32 Å². The maximum Gasteiger partial charge on any atom is 0.196 e. The summed E-state index contributed by atoms with van der Waals surface area (Å²) in [6, 6.07) is 25.6. The van der Waals surface area contributed by atoms with Crippen molar-refractivity contribution in [2.45, 2.75) is 17.5 Å². The van der Waals surface area contributed by atoms with E-state index >= 15 is 0 Å². The van der Waals surface area contributed by atoms with Crippen LogP contribution in [0.3, 0.4) is 0 Å². The number of thioether (sulfide) groups is 1. The molecule has 0 spiro atoms. The Labute approximate surface area is 183 Å². The minimum absolute atomic E-state index is 0.523. The van der Waals surface area contributed by atoms with E-state index in [1.54, 1.807) is 11.8 Å². The van der Waals surface area contributed by atoms with Gasteiger partial charge < -0.3 is 5.32 Å². The van der Waals surface area contributed by atoms with Gasteiger partial charge in [0.25, 0.3) is 0 Å². The number of rotatable bonds is 7. The third kappa shape index (κ3) is 4.93. The van der Waals surface area contributed by atoms with E-state index < -0.39 is 0 Å². The third-order valence-corrected chi connectivity index (χ3v) is 5.89. The molecule has 3 aromatic carbocycles. The molecule has 7 heteroatoms. The van der Waals surface area contributed by atoms with Gasteiger partial charge in [0.05, 0.1) is 6.54 Å². The molecule has 0 fully saturated rings. The summed E-state index contributed by atoms with van der Waals surface area (Å²) < 4.78 is 2.07. The number of aromatic nitrogens is 3. The highest BCUT2D eigenvalue weighted by Gasteiger charge is 2.15. The summed E-state index contributed by atoms with van der Waals surface area (Å²) in [5.74, 6) is 1.53. The van der Waals surface area contributed by atoms with E-state index in [4.69, 9.17) is 23.2 Å². The van der Waals surface area contributed by atoms with Crippen molar-refractivity contribution in [3.8, 4) is 5.69 Å². The molecule has 0 radical (unpaired) electrons. The maximum absolute atomic E-state index is 6.31. The van der Waals surface area contributed by atoms with Crippen LogP contribution in [0.15, 0.2) is 84.0 Å². The second-order valence-electron chi connectivity index (χ2n) is 6.31. The highest BCUT2D eigenvalue weighted by molar-refractivity contribution is 7.98. The van der Waals surface area contributed by atoms with Crippen LogP contribution < -0.4 is 5.32 Å². The first-order chi connectivity index (χ1) is 14.2. The summed E-state index contributed by atoms with van der Waals surface area (Å²) in [5.41, 5.74) is 3.02. The number of hydrogen-bond donors (Lipinski definition) is 1. The summed E-state index contributed by atoms with van der Waals surface area (Å²) in [5, 5.41) is 14.5. The van der Waals surface area contributed by atoms with Crippen molar-refractivity contribution in [1.29, 1.82) is 0 Å². The fraction of sp³-hybridized carbons (Fsp3) is 0.0909. The molecule has 0 atom stereocenters. The molecular formula is C22H18Cl2N4S. The van der Waals surface area contributed by atoms with E-state index in [0.29, 0.717) is 17.3 Å². The minimum Gasteiger partial charge on any atom is -0.378 e. The average Bonchev–Trinajstić information content (AvgIpc) is 3.15. The molecule has 0 bridgehead atoms. The first-order valence-electron chi connectivity index (χ1n) is 9.06. The number of nitrogens with one attached hydrogen (secondary N) is 1. The topological polar surface area (TPSA) is 42.7 Å². The fourth-order valence-corrected chi connectivity index (χ4v) is 4.33. The molecule has 4 nitrogen and oxygen atoms in total. The Morgan fingerprint density at radius 3 is 2.45 bits per heavy atom. The summed E-state index contributed by atoms with van der Waals surface area (Å²) >= 11 is 14.0. The van der Waals surface area contributed by atoms with Gasteiger partial charge in [0.1, 0.15) is 0 Å². The standard InChI is InChI=1S/C22H18Cl2N4S/c23-17-8-6-9-18(13-17)25-14-21-26-27-22(28(21)19-10-2-1-3-11-19)29-15-16-7-4-5-12-20(16)24/h1-13,25H,14-15H2. The van der Waals surface area contributed by atoms with Crippen molar-refractivity contribution in [3.63, 3.8) is 0 Å². The number of benzene rings is 3. The van der Waals surface area contributed by atoms with Crippen LogP contribution in [-0.2, 0) is 12.3 Å². The Balaban J connectivity index is 1.59. The number of halogens is 2. The lowest BCUT2D eigenvalue weighted by molar-refractivity contribution is 0.841. The van der Waals surface area contributed by atoms with Gasteiger partial charge in [0.2, 0.25) is 0 Å². The number of hydrogen-bond acceptors (Lipinski definition) is 4. The molecule has 0 amide bonds. The van der Waals surface area contributed by atoms with Crippen molar-refractivity contribution < 1.29 is 0 Å². The second kappa shape index (κ2) is 9.35. The molecule has 146 valence electrons. The SMILES string of the molecule is Clc1cccc(NCc2nnc(SCc3ccccc3Cl)n2-c2ccccc2)c1. The van der Waals surface area contributed by atoms with Crippen LogP contribution in [0, 0.1) is 0 Å². The fourth-order valence-electron chi connectivity index (χ4n) is 2.88. The largest absolute Gasteiger partial charge is 0.378 e. The maximum atomic E-state index is 6.31. The van der Waals surface area contributed by atoms with Crippen LogP contribution in [0.1, 0.15) is 11.4 Å². The normalized spacial score (nSPS) is 10.8. The molecule has 1 aromatic heterocycles. The summed E-state index contributed by atoms with van der Waals surface area (Å²) in [6.45, 7) is 0.523. The van der Waals surface area contributed by atoms with Crippen molar-refractivity contribution in [3.05, 3.63) is 100 Å². The van der Waals surface area contributed by atoms with Gasteiger partial charge in [-0.1, -0.05) is 77.4 Å². The summed E-state index contributed by atoms with van der Waals surface area (Å²) in [4.78, 5) is 0. The van der Waals surface area contributed by atoms with E-state index in [-0.39, 0.29) is 0 Å². The highest BCUT2D eigenvalue weighted by atomic mass is 35.5. The van der Waals surface area contributed by atoms with Crippen LogP contribution in [0.4, 0.5) is 5.69 Å². The molecule has 4 aromatic rings. The molecule has 1 heterocycles. The Bertz CT molecular complexity index is 1100. The van der Waals surface area contributed by atoms with E-state index in [0.717, 1.165) is 32.9 Å². The Morgan fingerprint density at radius 2 is 1.66 bits per heavy atom. The van der Waals surface area contributed by atoms with Crippen LogP contribution in [0.2, 0.25) is 10.0 Å². The van der Waals surface area contributed by atoms with Crippen molar-refractivity contribution >= 4 is 40.7 Å². The molecular weight excluding hydrogens is 423 g/mol. The van der Waals surface area contributed by atoms with E-state index in [1.165, 1.54) is 0 Å². The van der Waals surface area contributed by atoms with Gasteiger partial charge >= 0.3 is 0 Å².